The lowest BCUT2D eigenvalue weighted by molar-refractivity contribution is 0.102. The fourth-order valence-electron chi connectivity index (χ4n) is 2.05. The first-order valence-corrected chi connectivity index (χ1v) is 6.44. The number of amides is 1. The van der Waals surface area contributed by atoms with E-state index in [1.807, 2.05) is 26.8 Å². The number of hydrogen-bond acceptors (Lipinski definition) is 3. The Morgan fingerprint density at radius 1 is 1.10 bits per heavy atom. The Hall–Kier alpha value is -2.36. The number of rotatable bonds is 2. The summed E-state index contributed by atoms with van der Waals surface area (Å²) < 4.78 is 0. The number of phenols is 1. The van der Waals surface area contributed by atoms with Crippen molar-refractivity contribution in [2.45, 2.75) is 27.7 Å². The highest BCUT2D eigenvalue weighted by molar-refractivity contribution is 6.05. The minimum Gasteiger partial charge on any atom is -0.508 e. The molecule has 0 aliphatic carbocycles. The zero-order valence-electron chi connectivity index (χ0n) is 12.1. The van der Waals surface area contributed by atoms with Gasteiger partial charge in [-0.15, -0.1) is 0 Å². The van der Waals surface area contributed by atoms with Gasteiger partial charge >= 0.3 is 0 Å². The number of nitrogens with one attached hydrogen (secondary N) is 1. The second-order valence-electron chi connectivity index (χ2n) is 4.99. The number of aromatic hydroxyl groups is 1. The Labute approximate surface area is 118 Å². The molecule has 0 bridgehead atoms. The van der Waals surface area contributed by atoms with Crippen LogP contribution >= 0.6 is 0 Å². The molecule has 2 N–H and O–H groups in total. The normalized spacial score (nSPS) is 10.4. The molecule has 0 aliphatic heterocycles. The largest absolute Gasteiger partial charge is 0.508 e. The van der Waals surface area contributed by atoms with Gasteiger partial charge in [-0.1, -0.05) is 0 Å². The molecule has 0 spiro atoms. The van der Waals surface area contributed by atoms with Gasteiger partial charge in [0.15, 0.2) is 0 Å². The minimum absolute atomic E-state index is 0.191. The van der Waals surface area contributed by atoms with Crippen molar-refractivity contribution in [3.8, 4) is 5.75 Å². The molecule has 2 rings (SSSR count). The molecular weight excluding hydrogens is 252 g/mol. The summed E-state index contributed by atoms with van der Waals surface area (Å²) in [5.74, 6) is 0.0388. The van der Waals surface area contributed by atoms with Gasteiger partial charge in [0, 0.05) is 11.4 Å². The highest BCUT2D eigenvalue weighted by Crippen LogP contribution is 2.25. The Bertz CT molecular complexity index is 678. The number of benzene rings is 1. The van der Waals surface area contributed by atoms with E-state index in [0.29, 0.717) is 16.9 Å². The monoisotopic (exact) mass is 270 g/mol. The molecule has 4 nitrogen and oxygen atoms in total. The van der Waals surface area contributed by atoms with E-state index in [1.165, 1.54) is 0 Å². The van der Waals surface area contributed by atoms with E-state index in [2.05, 4.69) is 10.3 Å². The van der Waals surface area contributed by atoms with Gasteiger partial charge in [-0.25, -0.2) is 0 Å². The number of hydrogen-bond donors (Lipinski definition) is 2. The fourth-order valence-corrected chi connectivity index (χ4v) is 2.05. The lowest BCUT2D eigenvalue weighted by atomic mass is 10.1. The summed E-state index contributed by atoms with van der Waals surface area (Å²) in [6.07, 6.45) is 0. The van der Waals surface area contributed by atoms with Crippen LogP contribution in [0.25, 0.3) is 0 Å². The maximum absolute atomic E-state index is 12.3. The van der Waals surface area contributed by atoms with Crippen LogP contribution in [0.4, 0.5) is 5.69 Å². The van der Waals surface area contributed by atoms with Crippen LogP contribution in [0.3, 0.4) is 0 Å². The summed E-state index contributed by atoms with van der Waals surface area (Å²) >= 11 is 0. The SMILES string of the molecule is Cc1ccc(C(=O)Nc2cc(C)c(O)cc2C)c(C)n1. The summed E-state index contributed by atoms with van der Waals surface area (Å²) in [5, 5.41) is 12.5. The first kappa shape index (κ1) is 14.1. The van der Waals surface area contributed by atoms with Crippen LogP contribution in [0, 0.1) is 27.7 Å². The summed E-state index contributed by atoms with van der Waals surface area (Å²) in [5.41, 5.74) is 4.39. The Morgan fingerprint density at radius 2 is 1.80 bits per heavy atom. The van der Waals surface area contributed by atoms with Crippen LogP contribution in [-0.4, -0.2) is 16.0 Å². The lowest BCUT2D eigenvalue weighted by Gasteiger charge is -2.12. The predicted molar refractivity (Wildman–Crippen MR) is 79.2 cm³/mol. The molecule has 1 aromatic heterocycles. The average Bonchev–Trinajstić information content (AvgIpc) is 2.35. The maximum atomic E-state index is 12.3. The van der Waals surface area contributed by atoms with E-state index in [0.717, 1.165) is 16.8 Å². The molecule has 0 unspecified atom stereocenters. The lowest BCUT2D eigenvalue weighted by Crippen LogP contribution is -2.15. The number of nitrogens with zero attached hydrogens (tertiary/aromatic N) is 1. The summed E-state index contributed by atoms with van der Waals surface area (Å²) in [4.78, 5) is 16.6. The number of carbonyl (C=O) groups is 1. The van der Waals surface area contributed by atoms with Crippen molar-refractivity contribution < 1.29 is 9.90 Å². The third-order valence-corrected chi connectivity index (χ3v) is 3.26. The van der Waals surface area contributed by atoms with Crippen LogP contribution in [0.15, 0.2) is 24.3 Å². The molecule has 1 aromatic carbocycles. The molecule has 104 valence electrons. The number of phenolic OH excluding ortho intramolecular Hbond substituents is 1. The molecule has 0 radical (unpaired) electrons. The smallest absolute Gasteiger partial charge is 0.257 e. The maximum Gasteiger partial charge on any atom is 0.257 e. The molecule has 1 heterocycles. The van der Waals surface area contributed by atoms with Crippen LogP contribution in [0.1, 0.15) is 32.9 Å². The van der Waals surface area contributed by atoms with Gasteiger partial charge in [-0.2, -0.15) is 0 Å². The van der Waals surface area contributed by atoms with Gasteiger partial charge in [0.25, 0.3) is 5.91 Å². The molecule has 1 amide bonds. The van der Waals surface area contributed by atoms with Crippen molar-refractivity contribution >= 4 is 11.6 Å². The van der Waals surface area contributed by atoms with Crippen LogP contribution in [0.2, 0.25) is 0 Å². The van der Waals surface area contributed by atoms with Crippen molar-refractivity contribution in [1.82, 2.24) is 4.98 Å². The van der Waals surface area contributed by atoms with Crippen LogP contribution in [0.5, 0.6) is 5.75 Å². The quantitative estimate of drug-likeness (QED) is 0.823. The Morgan fingerprint density at radius 3 is 2.45 bits per heavy atom. The highest BCUT2D eigenvalue weighted by atomic mass is 16.3. The van der Waals surface area contributed by atoms with Crippen molar-refractivity contribution in [3.05, 3.63) is 52.3 Å². The number of pyridine rings is 1. The zero-order chi connectivity index (χ0) is 14.9. The average molecular weight is 270 g/mol. The predicted octanol–water partition coefficient (Wildman–Crippen LogP) is 3.27. The van der Waals surface area contributed by atoms with Gasteiger partial charge in [-0.05, 0) is 63.1 Å². The first-order valence-electron chi connectivity index (χ1n) is 6.44. The second-order valence-corrected chi connectivity index (χ2v) is 4.99. The molecule has 20 heavy (non-hydrogen) atoms. The molecule has 0 saturated carbocycles. The fraction of sp³-hybridized carbons (Fsp3) is 0.250. The molecule has 0 saturated heterocycles. The molecule has 0 aliphatic rings. The van der Waals surface area contributed by atoms with Crippen molar-refractivity contribution in [2.75, 3.05) is 5.32 Å². The topological polar surface area (TPSA) is 62.2 Å². The highest BCUT2D eigenvalue weighted by Gasteiger charge is 2.12. The van der Waals surface area contributed by atoms with Gasteiger partial charge in [-0.3, -0.25) is 9.78 Å². The minimum atomic E-state index is -0.191. The zero-order valence-corrected chi connectivity index (χ0v) is 12.1. The Balaban J connectivity index is 2.30. The second kappa shape index (κ2) is 5.33. The molecular formula is C16H18N2O2. The third-order valence-electron chi connectivity index (χ3n) is 3.26. The molecule has 2 aromatic rings. The summed E-state index contributed by atoms with van der Waals surface area (Å²) in [7, 11) is 0. The number of carbonyl (C=O) groups excluding carboxylic acids is 1. The summed E-state index contributed by atoms with van der Waals surface area (Å²) in [6.45, 7) is 7.34. The molecule has 0 fully saturated rings. The number of aryl methyl sites for hydroxylation is 4. The van der Waals surface area contributed by atoms with Gasteiger partial charge in [0.2, 0.25) is 0 Å². The first-order chi connectivity index (χ1) is 9.38. The van der Waals surface area contributed by atoms with Gasteiger partial charge in [0.1, 0.15) is 5.75 Å². The number of anilines is 1. The summed E-state index contributed by atoms with van der Waals surface area (Å²) in [6, 6.07) is 7.00. The van der Waals surface area contributed by atoms with Gasteiger partial charge in [0.05, 0.1) is 11.3 Å². The third kappa shape index (κ3) is 2.79. The van der Waals surface area contributed by atoms with Crippen molar-refractivity contribution in [2.24, 2.45) is 0 Å². The van der Waals surface area contributed by atoms with E-state index in [1.54, 1.807) is 25.1 Å². The van der Waals surface area contributed by atoms with Crippen molar-refractivity contribution in [3.63, 3.8) is 0 Å². The van der Waals surface area contributed by atoms with E-state index >= 15 is 0 Å². The van der Waals surface area contributed by atoms with E-state index < -0.39 is 0 Å². The van der Waals surface area contributed by atoms with E-state index in [9.17, 15) is 9.90 Å². The van der Waals surface area contributed by atoms with E-state index in [4.69, 9.17) is 0 Å². The van der Waals surface area contributed by atoms with Crippen LogP contribution in [-0.2, 0) is 0 Å². The molecule has 0 atom stereocenters. The Kier molecular flexibility index (Phi) is 3.74. The van der Waals surface area contributed by atoms with Crippen molar-refractivity contribution in [1.29, 1.82) is 0 Å². The van der Waals surface area contributed by atoms with Crippen LogP contribution < -0.4 is 5.32 Å². The number of aromatic nitrogens is 1. The van der Waals surface area contributed by atoms with Gasteiger partial charge < -0.3 is 10.4 Å². The standard InChI is InChI=1S/C16H18N2O2/c1-9-8-15(19)10(2)7-14(9)18-16(20)13-6-5-11(3)17-12(13)4/h5-8,19H,1-4H3,(H,18,20). The van der Waals surface area contributed by atoms with E-state index in [-0.39, 0.29) is 11.7 Å². The molecule has 4 heteroatoms.